The smallest absolute Gasteiger partial charge is 0.272 e. The van der Waals surface area contributed by atoms with Crippen LogP contribution in [-0.2, 0) is 4.79 Å². The minimum atomic E-state index is -0.686. The molecule has 1 aromatic heterocycles. The Balaban J connectivity index is 2.16. The lowest BCUT2D eigenvalue weighted by Crippen LogP contribution is -2.47. The van der Waals surface area contributed by atoms with Crippen LogP contribution in [0, 0.1) is 11.8 Å². The van der Waals surface area contributed by atoms with E-state index in [4.69, 9.17) is 16.3 Å². The van der Waals surface area contributed by atoms with Crippen LogP contribution in [0.5, 0.6) is 5.75 Å². The molecule has 1 N–H and O–H groups in total. The molecule has 23 heavy (non-hydrogen) atoms. The highest BCUT2D eigenvalue weighted by Crippen LogP contribution is 2.31. The van der Waals surface area contributed by atoms with Gasteiger partial charge in [-0.2, -0.15) is 0 Å². The molecule has 7 heteroatoms. The van der Waals surface area contributed by atoms with Crippen LogP contribution >= 0.6 is 34.7 Å². The molecule has 4 nitrogen and oxygen atoms in total. The molecule has 1 unspecified atom stereocenters. The van der Waals surface area contributed by atoms with Gasteiger partial charge in [0.05, 0.1) is 20.8 Å². The highest BCUT2D eigenvalue weighted by molar-refractivity contribution is 7.99. The second kappa shape index (κ2) is 7.43. The summed E-state index contributed by atoms with van der Waals surface area (Å²) in [6, 6.07) is 3.52. The van der Waals surface area contributed by atoms with Gasteiger partial charge in [0.15, 0.2) is 0 Å². The van der Waals surface area contributed by atoms with Crippen molar-refractivity contribution in [2.24, 2.45) is 0 Å². The van der Waals surface area contributed by atoms with Crippen LogP contribution in [0.3, 0.4) is 0 Å². The molecule has 1 heterocycles. The minimum absolute atomic E-state index is 0.231. The zero-order valence-corrected chi connectivity index (χ0v) is 15.7. The van der Waals surface area contributed by atoms with Gasteiger partial charge in [-0.05, 0) is 33.1 Å². The topological polar surface area (TPSA) is 51.2 Å². The largest absolute Gasteiger partial charge is 0.470 e. The van der Waals surface area contributed by atoms with E-state index in [1.807, 2.05) is 26.2 Å². The van der Waals surface area contributed by atoms with Gasteiger partial charge in [0.1, 0.15) is 11.3 Å². The number of benzene rings is 1. The van der Waals surface area contributed by atoms with Crippen LogP contribution < -0.4 is 10.1 Å². The lowest BCUT2D eigenvalue weighted by molar-refractivity contribution is -0.125. The Kier molecular flexibility index (Phi) is 5.79. The predicted octanol–water partition coefficient (Wildman–Crippen LogP) is 3.94. The zero-order chi connectivity index (χ0) is 17.0. The number of rotatable bonds is 5. The maximum absolute atomic E-state index is 12.4. The molecular weight excluding hydrogens is 352 g/mol. The predicted molar refractivity (Wildman–Crippen MR) is 98.2 cm³/mol. The third-order valence-electron chi connectivity index (χ3n) is 2.91. The first kappa shape index (κ1) is 17.9. The van der Waals surface area contributed by atoms with Crippen molar-refractivity contribution < 1.29 is 9.53 Å². The number of hydrogen-bond donors (Lipinski definition) is 1. The van der Waals surface area contributed by atoms with Gasteiger partial charge in [-0.25, -0.2) is 4.98 Å². The Morgan fingerprint density at radius 3 is 2.91 bits per heavy atom. The van der Waals surface area contributed by atoms with Crippen molar-refractivity contribution in [3.63, 3.8) is 0 Å². The summed E-state index contributed by atoms with van der Waals surface area (Å²) in [6.07, 6.45) is 1.82. The normalized spacial score (nSPS) is 12.4. The summed E-state index contributed by atoms with van der Waals surface area (Å²) >= 11 is 8.98. The minimum Gasteiger partial charge on any atom is -0.470 e. The Hall–Kier alpha value is -1.42. The summed E-state index contributed by atoms with van der Waals surface area (Å²) in [4.78, 5) is 16.6. The Morgan fingerprint density at radius 1 is 1.52 bits per heavy atom. The lowest BCUT2D eigenvalue weighted by atomic mass is 10.1. The average molecular weight is 369 g/mol. The first-order valence-corrected chi connectivity index (χ1v) is 9.39. The summed E-state index contributed by atoms with van der Waals surface area (Å²) in [6.45, 7) is 5.43. The number of nitrogens with one attached hydrogen (secondary N) is 1. The molecule has 2 aromatic rings. The molecule has 0 radical (unpaired) electrons. The van der Waals surface area contributed by atoms with E-state index in [2.05, 4.69) is 22.1 Å². The summed E-state index contributed by atoms with van der Waals surface area (Å²) in [5.74, 6) is 6.07. The second-order valence-corrected chi connectivity index (χ2v) is 7.47. The van der Waals surface area contributed by atoms with Crippen molar-refractivity contribution in [1.82, 2.24) is 10.3 Å². The first-order valence-electron chi connectivity index (χ1n) is 6.84. The van der Waals surface area contributed by atoms with Gasteiger partial charge in [-0.3, -0.25) is 4.79 Å². The number of carbonyl (C=O) groups excluding carboxylic acids is 1. The monoisotopic (exact) mass is 368 g/mol. The zero-order valence-electron chi connectivity index (χ0n) is 13.3. The van der Waals surface area contributed by atoms with Crippen molar-refractivity contribution >= 4 is 50.8 Å². The molecule has 122 valence electrons. The molecule has 1 aromatic carbocycles. The van der Waals surface area contributed by atoms with Crippen molar-refractivity contribution in [1.29, 1.82) is 0 Å². The van der Waals surface area contributed by atoms with Crippen molar-refractivity contribution in [3.8, 4) is 17.6 Å². The summed E-state index contributed by atoms with van der Waals surface area (Å²) in [7, 11) is 0. The van der Waals surface area contributed by atoms with Crippen molar-refractivity contribution in [2.75, 3.05) is 6.26 Å². The third-order valence-corrected chi connectivity index (χ3v) is 4.71. The van der Waals surface area contributed by atoms with Gasteiger partial charge >= 0.3 is 0 Å². The van der Waals surface area contributed by atoms with Gasteiger partial charge in [0.25, 0.3) is 5.91 Å². The lowest BCUT2D eigenvalue weighted by Gasteiger charge is -2.24. The number of carbonyl (C=O) groups is 1. The van der Waals surface area contributed by atoms with E-state index in [9.17, 15) is 4.79 Å². The molecule has 1 atom stereocenters. The number of thiazole rings is 1. The number of fused-ring (bicyclic) bond motifs is 1. The number of aromatic nitrogens is 1. The number of hydrogen-bond acceptors (Lipinski definition) is 5. The standard InChI is InChI=1S/C16H17ClN2O2S2/c1-5-6-16(2,3)19-14(20)15(22-4)21-10-7-11(17)13-12(8-10)23-9-18-13/h7-9,15H,1-4H3,(H,19,20). The molecular formula is C16H17ClN2O2S2. The third kappa shape index (κ3) is 4.54. The second-order valence-electron chi connectivity index (χ2n) is 5.28. The van der Waals surface area contributed by atoms with Gasteiger partial charge in [0.2, 0.25) is 5.44 Å². The van der Waals surface area contributed by atoms with Gasteiger partial charge in [0, 0.05) is 6.07 Å². The summed E-state index contributed by atoms with van der Waals surface area (Å²) < 4.78 is 6.73. The van der Waals surface area contributed by atoms with E-state index < -0.39 is 11.0 Å². The van der Waals surface area contributed by atoms with Gasteiger partial charge in [-0.1, -0.05) is 17.5 Å². The molecule has 1 amide bonds. The van der Waals surface area contributed by atoms with Crippen molar-refractivity contribution in [3.05, 3.63) is 22.7 Å². The van der Waals surface area contributed by atoms with Crippen molar-refractivity contribution in [2.45, 2.75) is 31.7 Å². The van der Waals surface area contributed by atoms with Crippen LogP contribution in [0.4, 0.5) is 0 Å². The molecule has 0 bridgehead atoms. The molecule has 0 saturated carbocycles. The molecule has 0 aliphatic rings. The average Bonchev–Trinajstić information content (AvgIpc) is 2.92. The van der Waals surface area contributed by atoms with Crippen LogP contribution in [0.25, 0.3) is 10.2 Å². The fourth-order valence-electron chi connectivity index (χ4n) is 2.01. The maximum atomic E-state index is 12.4. The quantitative estimate of drug-likeness (QED) is 0.641. The van der Waals surface area contributed by atoms with Gasteiger partial charge < -0.3 is 10.1 Å². The van der Waals surface area contributed by atoms with Crippen LogP contribution in [0.15, 0.2) is 17.6 Å². The van der Waals surface area contributed by atoms with E-state index in [0.717, 1.165) is 10.2 Å². The van der Waals surface area contributed by atoms with Crippen LogP contribution in [0.2, 0.25) is 5.02 Å². The SMILES string of the molecule is CC#CC(C)(C)NC(=O)C(Oc1cc(Cl)c2ncsc2c1)SC. The van der Waals surface area contributed by atoms with E-state index in [-0.39, 0.29) is 5.91 Å². The van der Waals surface area contributed by atoms with E-state index in [1.54, 1.807) is 18.5 Å². The highest BCUT2D eigenvalue weighted by atomic mass is 35.5. The number of halogens is 1. The van der Waals surface area contributed by atoms with E-state index in [0.29, 0.717) is 10.8 Å². The molecule has 0 aliphatic heterocycles. The number of amides is 1. The number of ether oxygens (including phenoxy) is 1. The summed E-state index contributed by atoms with van der Waals surface area (Å²) in [5, 5.41) is 3.38. The Bertz CT molecular complexity index is 777. The molecule has 0 spiro atoms. The fourth-order valence-corrected chi connectivity index (χ4v) is 3.54. The molecule has 0 aliphatic carbocycles. The molecule has 0 fully saturated rings. The number of thioether (sulfide) groups is 1. The van der Waals surface area contributed by atoms with E-state index >= 15 is 0 Å². The maximum Gasteiger partial charge on any atom is 0.272 e. The molecule has 2 rings (SSSR count). The molecule has 0 saturated heterocycles. The Labute approximate surface area is 149 Å². The number of nitrogens with zero attached hydrogens (tertiary/aromatic N) is 1. The first-order chi connectivity index (χ1) is 10.9. The highest BCUT2D eigenvalue weighted by Gasteiger charge is 2.25. The van der Waals surface area contributed by atoms with E-state index in [1.165, 1.54) is 23.1 Å². The summed E-state index contributed by atoms with van der Waals surface area (Å²) in [5.41, 5.74) is 1.18. The fraction of sp³-hybridized carbons (Fsp3) is 0.375. The Morgan fingerprint density at radius 2 is 2.26 bits per heavy atom. The van der Waals surface area contributed by atoms with Gasteiger partial charge in [-0.15, -0.1) is 29.0 Å². The van der Waals surface area contributed by atoms with Crippen LogP contribution in [0.1, 0.15) is 20.8 Å². The van der Waals surface area contributed by atoms with Crippen LogP contribution in [-0.4, -0.2) is 28.1 Å².